The first kappa shape index (κ1) is 14.2. The van der Waals surface area contributed by atoms with Gasteiger partial charge in [-0.05, 0) is 49.2 Å². The van der Waals surface area contributed by atoms with Crippen molar-refractivity contribution in [2.45, 2.75) is 19.3 Å². The number of hydrogen-bond donors (Lipinski definition) is 1. The molecule has 4 rings (SSSR count). The Kier molecular flexibility index (Phi) is 3.50. The van der Waals surface area contributed by atoms with E-state index in [0.29, 0.717) is 17.3 Å². The molecule has 1 N–H and O–H groups in total. The lowest BCUT2D eigenvalue weighted by Crippen LogP contribution is -2.06. The third-order valence-corrected chi connectivity index (χ3v) is 4.14. The van der Waals surface area contributed by atoms with Crippen molar-refractivity contribution in [3.63, 3.8) is 0 Å². The lowest BCUT2D eigenvalue weighted by molar-refractivity contribution is -0.119. The smallest absolute Gasteiger partial charge is 0.159 e. The number of carbonyl (C=O) groups excluding carboxylic acids is 1. The summed E-state index contributed by atoms with van der Waals surface area (Å²) in [6.07, 6.45) is 2.33. The van der Waals surface area contributed by atoms with Gasteiger partial charge >= 0.3 is 0 Å². The molecule has 5 nitrogen and oxygen atoms in total. The molecule has 116 valence electrons. The molecule has 1 aliphatic carbocycles. The van der Waals surface area contributed by atoms with Gasteiger partial charge in [-0.1, -0.05) is 17.7 Å². The molecule has 0 atom stereocenters. The van der Waals surface area contributed by atoms with Crippen molar-refractivity contribution in [1.29, 1.82) is 0 Å². The molecule has 0 saturated heterocycles. The van der Waals surface area contributed by atoms with Gasteiger partial charge in [-0.3, -0.25) is 4.79 Å². The monoisotopic (exact) mass is 326 g/mol. The Bertz CT molecular complexity index is 868. The summed E-state index contributed by atoms with van der Waals surface area (Å²) in [7, 11) is 0. The van der Waals surface area contributed by atoms with E-state index in [1.807, 2.05) is 42.5 Å². The van der Waals surface area contributed by atoms with Gasteiger partial charge in [0.2, 0.25) is 0 Å². The Balaban J connectivity index is 1.62. The highest BCUT2D eigenvalue weighted by molar-refractivity contribution is 6.30. The number of ketones is 1. The number of fused-ring (bicyclic) bond motifs is 1. The number of benzene rings is 1. The van der Waals surface area contributed by atoms with E-state index in [0.717, 1.165) is 30.0 Å². The highest BCUT2D eigenvalue weighted by Crippen LogP contribution is 2.30. The van der Waals surface area contributed by atoms with Crippen LogP contribution in [0.2, 0.25) is 5.02 Å². The van der Waals surface area contributed by atoms with Crippen LogP contribution in [0.1, 0.15) is 18.7 Å². The fourth-order valence-corrected chi connectivity index (χ4v) is 2.63. The van der Waals surface area contributed by atoms with Gasteiger partial charge in [0.1, 0.15) is 11.6 Å². The van der Waals surface area contributed by atoms with Crippen molar-refractivity contribution >= 4 is 34.5 Å². The molecule has 2 heterocycles. The first-order valence-corrected chi connectivity index (χ1v) is 7.97. The Labute approximate surface area is 138 Å². The maximum atomic E-state index is 11.9. The van der Waals surface area contributed by atoms with Gasteiger partial charge in [-0.15, -0.1) is 5.10 Å². The maximum absolute atomic E-state index is 11.9. The number of aromatic nitrogens is 3. The van der Waals surface area contributed by atoms with E-state index in [9.17, 15) is 4.79 Å². The quantitative estimate of drug-likeness (QED) is 0.777. The molecule has 23 heavy (non-hydrogen) atoms. The minimum atomic E-state index is 0.230. The summed E-state index contributed by atoms with van der Waals surface area (Å²) in [4.78, 5) is 16.4. The molecule has 3 aromatic rings. The highest BCUT2D eigenvalue weighted by atomic mass is 35.5. The van der Waals surface area contributed by atoms with Crippen LogP contribution in [0.25, 0.3) is 5.65 Å². The molecule has 0 spiro atoms. The summed E-state index contributed by atoms with van der Waals surface area (Å²) in [5, 5.41) is 8.46. The van der Waals surface area contributed by atoms with E-state index in [1.54, 1.807) is 4.52 Å². The van der Waals surface area contributed by atoms with Crippen LogP contribution in [-0.4, -0.2) is 20.4 Å². The molecule has 1 aliphatic rings. The Morgan fingerprint density at radius 1 is 1.22 bits per heavy atom. The molecular formula is C17H15ClN4O. The molecule has 0 aliphatic heterocycles. The van der Waals surface area contributed by atoms with Crippen molar-refractivity contribution in [3.05, 3.63) is 53.3 Å². The van der Waals surface area contributed by atoms with Crippen LogP contribution in [-0.2, 0) is 11.2 Å². The molecule has 1 saturated carbocycles. The first-order valence-electron chi connectivity index (χ1n) is 7.59. The number of hydrogen-bond acceptors (Lipinski definition) is 4. The first-order chi connectivity index (χ1) is 11.2. The second-order valence-corrected chi connectivity index (χ2v) is 6.19. The Hall–Kier alpha value is -2.40. The van der Waals surface area contributed by atoms with E-state index in [4.69, 9.17) is 11.6 Å². The summed E-state index contributed by atoms with van der Waals surface area (Å²) < 4.78 is 1.73. The second-order valence-electron chi connectivity index (χ2n) is 5.76. The zero-order valence-corrected chi connectivity index (χ0v) is 13.1. The standard InChI is InChI=1S/C17H15ClN4O/c18-12-6-8-13(9-7-12)19-16-2-1-3-17-20-15(21-22(16)17)10-14(23)11-4-5-11/h1-3,6-9,11,19H,4-5,10H2. The number of anilines is 2. The van der Waals surface area contributed by atoms with Gasteiger partial charge in [0, 0.05) is 16.6 Å². The topological polar surface area (TPSA) is 59.3 Å². The average Bonchev–Trinajstić information content (AvgIpc) is 3.31. The largest absolute Gasteiger partial charge is 0.340 e. The fraction of sp³-hybridized carbons (Fsp3) is 0.235. The maximum Gasteiger partial charge on any atom is 0.159 e. The average molecular weight is 327 g/mol. The third-order valence-electron chi connectivity index (χ3n) is 3.89. The number of pyridine rings is 1. The van der Waals surface area contributed by atoms with Crippen molar-refractivity contribution < 1.29 is 4.79 Å². The molecule has 0 bridgehead atoms. The lowest BCUT2D eigenvalue weighted by Gasteiger charge is -2.07. The Morgan fingerprint density at radius 2 is 2.00 bits per heavy atom. The van der Waals surface area contributed by atoms with Crippen LogP contribution in [0.3, 0.4) is 0 Å². The predicted octanol–water partition coefficient (Wildman–Crippen LogP) is 3.65. The SMILES string of the molecule is O=C(Cc1nc2cccc(Nc3ccc(Cl)cc3)n2n1)C1CC1. The molecule has 0 radical (unpaired) electrons. The number of nitrogens with zero attached hydrogens (tertiary/aromatic N) is 3. The molecule has 1 aromatic carbocycles. The van der Waals surface area contributed by atoms with Crippen LogP contribution in [0.15, 0.2) is 42.5 Å². The van der Waals surface area contributed by atoms with Gasteiger partial charge in [-0.2, -0.15) is 4.52 Å². The normalized spacial score (nSPS) is 14.1. The minimum absolute atomic E-state index is 0.230. The zero-order chi connectivity index (χ0) is 15.8. The predicted molar refractivity (Wildman–Crippen MR) is 89.2 cm³/mol. The van der Waals surface area contributed by atoms with E-state index < -0.39 is 0 Å². The molecule has 6 heteroatoms. The number of nitrogens with one attached hydrogen (secondary N) is 1. The van der Waals surface area contributed by atoms with Crippen molar-refractivity contribution in [3.8, 4) is 0 Å². The van der Waals surface area contributed by atoms with Crippen LogP contribution >= 0.6 is 11.6 Å². The summed E-state index contributed by atoms with van der Waals surface area (Å²) in [6.45, 7) is 0. The van der Waals surface area contributed by atoms with Gasteiger partial charge in [0.15, 0.2) is 11.5 Å². The van der Waals surface area contributed by atoms with E-state index in [-0.39, 0.29) is 11.7 Å². The summed E-state index contributed by atoms with van der Waals surface area (Å²) in [6, 6.07) is 13.2. The van der Waals surface area contributed by atoms with Crippen LogP contribution < -0.4 is 5.32 Å². The molecule has 1 fully saturated rings. The number of halogens is 1. The van der Waals surface area contributed by atoms with Crippen molar-refractivity contribution in [2.75, 3.05) is 5.32 Å². The molecule has 2 aromatic heterocycles. The van der Waals surface area contributed by atoms with Crippen molar-refractivity contribution in [2.24, 2.45) is 5.92 Å². The van der Waals surface area contributed by atoms with Crippen LogP contribution in [0.5, 0.6) is 0 Å². The van der Waals surface area contributed by atoms with Crippen LogP contribution in [0, 0.1) is 5.92 Å². The van der Waals surface area contributed by atoms with Gasteiger partial charge < -0.3 is 5.32 Å². The fourth-order valence-electron chi connectivity index (χ4n) is 2.51. The van der Waals surface area contributed by atoms with Gasteiger partial charge in [0.25, 0.3) is 0 Å². The van der Waals surface area contributed by atoms with Crippen molar-refractivity contribution in [1.82, 2.24) is 14.6 Å². The van der Waals surface area contributed by atoms with Crippen LogP contribution in [0.4, 0.5) is 11.5 Å². The van der Waals surface area contributed by atoms with E-state index >= 15 is 0 Å². The minimum Gasteiger partial charge on any atom is -0.340 e. The van der Waals surface area contributed by atoms with E-state index in [2.05, 4.69) is 15.4 Å². The zero-order valence-electron chi connectivity index (χ0n) is 12.4. The number of Topliss-reactive ketones (excluding diaryl/α,β-unsaturated/α-hetero) is 1. The summed E-state index contributed by atoms with van der Waals surface area (Å²) >= 11 is 5.90. The Morgan fingerprint density at radius 3 is 2.74 bits per heavy atom. The molecule has 0 unspecified atom stereocenters. The van der Waals surface area contributed by atoms with E-state index in [1.165, 1.54) is 0 Å². The number of rotatable bonds is 5. The molecule has 0 amide bonds. The lowest BCUT2D eigenvalue weighted by atomic mass is 10.2. The third kappa shape index (κ3) is 3.05. The summed E-state index contributed by atoms with van der Waals surface area (Å²) in [5.41, 5.74) is 1.63. The number of carbonyl (C=O) groups is 1. The highest BCUT2D eigenvalue weighted by Gasteiger charge is 2.30. The van der Waals surface area contributed by atoms with Gasteiger partial charge in [-0.25, -0.2) is 4.98 Å². The second kappa shape index (κ2) is 5.66. The van der Waals surface area contributed by atoms with Gasteiger partial charge in [0.05, 0.1) is 6.42 Å². The molecular weight excluding hydrogens is 312 g/mol. The summed E-state index contributed by atoms with van der Waals surface area (Å²) in [5.74, 6) is 1.84.